The van der Waals surface area contributed by atoms with E-state index in [4.69, 9.17) is 11.6 Å². The summed E-state index contributed by atoms with van der Waals surface area (Å²) < 4.78 is 0.626. The molecule has 21 heavy (non-hydrogen) atoms. The molecule has 0 atom stereocenters. The molecule has 2 heterocycles. The number of thiophene rings is 1. The monoisotopic (exact) mass is 328 g/mol. The van der Waals surface area contributed by atoms with Crippen molar-refractivity contribution >= 4 is 34.8 Å². The van der Waals surface area contributed by atoms with E-state index in [2.05, 4.69) is 0 Å². The zero-order valence-electron chi connectivity index (χ0n) is 12.5. The second-order valence-electron chi connectivity index (χ2n) is 5.23. The van der Waals surface area contributed by atoms with Crippen molar-refractivity contribution in [1.82, 2.24) is 9.80 Å². The van der Waals surface area contributed by atoms with Crippen LogP contribution in [0.2, 0.25) is 4.34 Å². The van der Waals surface area contributed by atoms with Gasteiger partial charge in [-0.1, -0.05) is 25.4 Å². The Balaban J connectivity index is 1.91. The lowest BCUT2D eigenvalue weighted by molar-refractivity contribution is -0.137. The molecule has 1 aliphatic heterocycles. The predicted molar refractivity (Wildman–Crippen MR) is 85.9 cm³/mol. The molecule has 0 saturated carbocycles. The molecule has 1 fully saturated rings. The molecule has 116 valence electrons. The fraction of sp³-hybridized carbons (Fsp3) is 0.600. The minimum atomic E-state index is 0.0153. The van der Waals surface area contributed by atoms with Crippen LogP contribution in [-0.2, 0) is 4.79 Å². The van der Waals surface area contributed by atoms with Crippen molar-refractivity contribution in [2.24, 2.45) is 5.92 Å². The van der Waals surface area contributed by atoms with Gasteiger partial charge in [0.25, 0.3) is 5.91 Å². The Morgan fingerprint density at radius 2 is 1.71 bits per heavy atom. The van der Waals surface area contributed by atoms with Crippen LogP contribution in [0.1, 0.15) is 36.4 Å². The number of nitrogens with zero attached hydrogens (tertiary/aromatic N) is 2. The van der Waals surface area contributed by atoms with E-state index in [1.54, 1.807) is 17.0 Å². The molecule has 2 rings (SSSR count). The number of carbonyl (C=O) groups excluding carboxylic acids is 2. The highest BCUT2D eigenvalue weighted by molar-refractivity contribution is 7.17. The Hall–Kier alpha value is -1.07. The molecule has 1 aromatic heterocycles. The zero-order chi connectivity index (χ0) is 15.4. The smallest absolute Gasteiger partial charge is 0.264 e. The Labute approximate surface area is 134 Å². The third-order valence-electron chi connectivity index (χ3n) is 4.00. The van der Waals surface area contributed by atoms with Gasteiger partial charge in [-0.3, -0.25) is 9.59 Å². The van der Waals surface area contributed by atoms with Gasteiger partial charge >= 0.3 is 0 Å². The summed E-state index contributed by atoms with van der Waals surface area (Å²) in [6.07, 6.45) is 1.75. The lowest BCUT2D eigenvalue weighted by Crippen LogP contribution is -2.51. The number of carbonyl (C=O) groups is 2. The van der Waals surface area contributed by atoms with Gasteiger partial charge in [0, 0.05) is 32.1 Å². The van der Waals surface area contributed by atoms with Gasteiger partial charge in [-0.15, -0.1) is 11.3 Å². The maximum absolute atomic E-state index is 12.3. The van der Waals surface area contributed by atoms with Crippen LogP contribution in [0.15, 0.2) is 12.1 Å². The summed E-state index contributed by atoms with van der Waals surface area (Å²) in [5, 5.41) is 0. The van der Waals surface area contributed by atoms with Crippen LogP contribution in [0.25, 0.3) is 0 Å². The van der Waals surface area contributed by atoms with E-state index in [9.17, 15) is 9.59 Å². The minimum Gasteiger partial charge on any atom is -0.339 e. The maximum Gasteiger partial charge on any atom is 0.264 e. The van der Waals surface area contributed by atoms with E-state index in [0.717, 1.165) is 12.8 Å². The molecule has 6 heteroatoms. The van der Waals surface area contributed by atoms with Crippen LogP contribution in [0, 0.1) is 5.92 Å². The third-order valence-corrected chi connectivity index (χ3v) is 5.22. The van der Waals surface area contributed by atoms with Gasteiger partial charge in [-0.05, 0) is 25.0 Å². The molecule has 0 spiro atoms. The molecule has 0 aliphatic carbocycles. The van der Waals surface area contributed by atoms with E-state index < -0.39 is 0 Å². The summed E-state index contributed by atoms with van der Waals surface area (Å²) in [6, 6.07) is 3.50. The van der Waals surface area contributed by atoms with Gasteiger partial charge in [0.05, 0.1) is 9.21 Å². The Morgan fingerprint density at radius 3 is 2.19 bits per heavy atom. The number of rotatable bonds is 4. The summed E-state index contributed by atoms with van der Waals surface area (Å²) in [5.74, 6) is 0.358. The van der Waals surface area contributed by atoms with E-state index in [-0.39, 0.29) is 17.7 Å². The highest BCUT2D eigenvalue weighted by Gasteiger charge is 2.28. The molecule has 0 radical (unpaired) electrons. The number of hydrogen-bond donors (Lipinski definition) is 0. The second-order valence-corrected chi connectivity index (χ2v) is 6.95. The summed E-state index contributed by atoms with van der Waals surface area (Å²) >= 11 is 7.17. The van der Waals surface area contributed by atoms with Gasteiger partial charge in [0.15, 0.2) is 0 Å². The Morgan fingerprint density at radius 1 is 1.14 bits per heavy atom. The van der Waals surface area contributed by atoms with Gasteiger partial charge in [0.1, 0.15) is 0 Å². The average molecular weight is 329 g/mol. The van der Waals surface area contributed by atoms with Gasteiger partial charge in [-0.2, -0.15) is 0 Å². The fourth-order valence-electron chi connectivity index (χ4n) is 2.61. The standard InChI is InChI=1S/C15H21ClN2O2S/c1-3-11(4-2)14(19)17-7-9-18(10-8-17)15(20)12-5-6-13(16)21-12/h5-6,11H,3-4,7-10H2,1-2H3. The number of amides is 2. The van der Waals surface area contributed by atoms with Crippen molar-refractivity contribution in [3.63, 3.8) is 0 Å². The molecule has 2 amide bonds. The van der Waals surface area contributed by atoms with E-state index >= 15 is 0 Å². The topological polar surface area (TPSA) is 40.6 Å². The first-order valence-corrected chi connectivity index (χ1v) is 8.59. The van der Waals surface area contributed by atoms with Gasteiger partial charge < -0.3 is 9.80 Å². The fourth-order valence-corrected chi connectivity index (χ4v) is 3.62. The zero-order valence-corrected chi connectivity index (χ0v) is 14.0. The SMILES string of the molecule is CCC(CC)C(=O)N1CCN(C(=O)c2ccc(Cl)s2)CC1. The lowest BCUT2D eigenvalue weighted by atomic mass is 10.0. The third kappa shape index (κ3) is 3.77. The van der Waals surface area contributed by atoms with Crippen LogP contribution in [0.3, 0.4) is 0 Å². The van der Waals surface area contributed by atoms with E-state index in [1.807, 2.05) is 18.7 Å². The second kappa shape index (κ2) is 7.27. The normalized spacial score (nSPS) is 15.6. The molecule has 0 aromatic carbocycles. The van der Waals surface area contributed by atoms with Crippen molar-refractivity contribution in [2.45, 2.75) is 26.7 Å². The summed E-state index contributed by atoms with van der Waals surface area (Å²) in [6.45, 7) is 6.54. The van der Waals surface area contributed by atoms with Crippen molar-refractivity contribution in [3.05, 3.63) is 21.3 Å². The predicted octanol–water partition coefficient (Wildman–Crippen LogP) is 3.12. The van der Waals surface area contributed by atoms with Crippen molar-refractivity contribution < 1.29 is 9.59 Å². The van der Waals surface area contributed by atoms with Crippen LogP contribution in [-0.4, -0.2) is 47.8 Å². The van der Waals surface area contributed by atoms with E-state index in [1.165, 1.54) is 11.3 Å². The summed E-state index contributed by atoms with van der Waals surface area (Å²) in [4.78, 5) is 29.0. The minimum absolute atomic E-state index is 0.0153. The number of piperazine rings is 1. The van der Waals surface area contributed by atoms with Crippen LogP contribution >= 0.6 is 22.9 Å². The first-order chi connectivity index (χ1) is 10.1. The molecule has 0 unspecified atom stereocenters. The number of halogens is 1. The molecule has 1 saturated heterocycles. The molecular formula is C15H21ClN2O2S. The van der Waals surface area contributed by atoms with Gasteiger partial charge in [0.2, 0.25) is 5.91 Å². The first-order valence-electron chi connectivity index (χ1n) is 7.40. The van der Waals surface area contributed by atoms with Crippen LogP contribution in [0.5, 0.6) is 0 Å². The molecule has 0 bridgehead atoms. The molecule has 4 nitrogen and oxygen atoms in total. The molecule has 0 N–H and O–H groups in total. The molecular weight excluding hydrogens is 308 g/mol. The van der Waals surface area contributed by atoms with Crippen molar-refractivity contribution in [1.29, 1.82) is 0 Å². The van der Waals surface area contributed by atoms with Crippen molar-refractivity contribution in [3.8, 4) is 0 Å². The Bertz CT molecular complexity index is 506. The first kappa shape index (κ1) is 16.3. The molecule has 1 aromatic rings. The largest absolute Gasteiger partial charge is 0.339 e. The average Bonchev–Trinajstić information content (AvgIpc) is 2.94. The number of hydrogen-bond acceptors (Lipinski definition) is 3. The van der Waals surface area contributed by atoms with Crippen molar-refractivity contribution in [2.75, 3.05) is 26.2 Å². The van der Waals surface area contributed by atoms with Crippen LogP contribution in [0.4, 0.5) is 0 Å². The van der Waals surface area contributed by atoms with E-state index in [0.29, 0.717) is 35.4 Å². The highest BCUT2D eigenvalue weighted by atomic mass is 35.5. The highest BCUT2D eigenvalue weighted by Crippen LogP contribution is 2.23. The Kier molecular flexibility index (Phi) is 5.65. The maximum atomic E-state index is 12.3. The van der Waals surface area contributed by atoms with Crippen LogP contribution < -0.4 is 0 Å². The quantitative estimate of drug-likeness (QED) is 0.852. The lowest BCUT2D eigenvalue weighted by Gasteiger charge is -2.36. The molecule has 1 aliphatic rings. The van der Waals surface area contributed by atoms with Gasteiger partial charge in [-0.25, -0.2) is 0 Å². The summed E-state index contributed by atoms with van der Waals surface area (Å²) in [7, 11) is 0. The summed E-state index contributed by atoms with van der Waals surface area (Å²) in [5.41, 5.74) is 0.